The minimum atomic E-state index is -1.06. The van der Waals surface area contributed by atoms with E-state index in [9.17, 15) is 14.7 Å². The average molecular weight is 366 g/mol. The highest BCUT2D eigenvalue weighted by Crippen LogP contribution is 2.27. The third-order valence-corrected chi connectivity index (χ3v) is 5.75. The van der Waals surface area contributed by atoms with Gasteiger partial charge >= 0.3 is 11.9 Å². The first-order valence-corrected chi connectivity index (χ1v) is 9.67. The fraction of sp³-hybridized carbons (Fsp3) is 0.250. The van der Waals surface area contributed by atoms with Gasteiger partial charge in [-0.05, 0) is 11.5 Å². The van der Waals surface area contributed by atoms with Crippen LogP contribution in [-0.2, 0) is 9.59 Å². The first-order valence-electron chi connectivity index (χ1n) is 7.19. The number of anilines is 1. The van der Waals surface area contributed by atoms with Gasteiger partial charge in [0.05, 0.1) is 0 Å². The Kier molecular flexibility index (Phi) is 6.77. The van der Waals surface area contributed by atoms with Gasteiger partial charge in [-0.25, -0.2) is 4.79 Å². The first kappa shape index (κ1) is 18.4. The van der Waals surface area contributed by atoms with Gasteiger partial charge in [0.2, 0.25) is 0 Å². The van der Waals surface area contributed by atoms with Crippen molar-refractivity contribution in [3.8, 4) is 0 Å². The molecule has 0 aliphatic rings. The monoisotopic (exact) mass is 366 g/mol. The summed E-state index contributed by atoms with van der Waals surface area (Å²) >= 11 is 0. The molecule has 0 aliphatic heterocycles. The lowest BCUT2D eigenvalue weighted by atomic mass is 10.1. The molecule has 5 N–H and O–H groups in total. The van der Waals surface area contributed by atoms with Crippen LogP contribution >= 0.6 is 21.6 Å². The van der Waals surface area contributed by atoms with Gasteiger partial charge in [-0.1, -0.05) is 58.0 Å². The van der Waals surface area contributed by atoms with E-state index in [1.165, 1.54) is 21.6 Å². The molecule has 8 heteroatoms. The molecule has 6 nitrogen and oxygen atoms in total. The summed E-state index contributed by atoms with van der Waals surface area (Å²) in [4.78, 5) is 22.1. The number of fused-ring (bicyclic) bond motifs is 1. The van der Waals surface area contributed by atoms with Gasteiger partial charge in [0.25, 0.3) is 0 Å². The second-order valence-corrected chi connectivity index (χ2v) is 7.63. The number of nitrogens with one attached hydrogen (secondary N) is 1. The van der Waals surface area contributed by atoms with Crippen LogP contribution in [0.3, 0.4) is 0 Å². The van der Waals surface area contributed by atoms with Crippen molar-refractivity contribution in [3.63, 3.8) is 0 Å². The maximum atomic E-state index is 11.5. The zero-order valence-corrected chi connectivity index (χ0v) is 14.3. The second kappa shape index (κ2) is 8.81. The van der Waals surface area contributed by atoms with Gasteiger partial charge in [0.15, 0.2) is 0 Å². The lowest BCUT2D eigenvalue weighted by Crippen LogP contribution is -2.33. The Morgan fingerprint density at radius 3 is 2.38 bits per heavy atom. The Balaban J connectivity index is 1.98. The normalized spacial score (nSPS) is 13.4. The molecule has 2 rings (SSSR count). The first-order chi connectivity index (χ1) is 11.5. The molecule has 2 atom stereocenters. The highest BCUT2D eigenvalue weighted by Gasteiger charge is 2.19. The lowest BCUT2D eigenvalue weighted by Gasteiger charge is -2.17. The molecule has 0 heterocycles. The van der Waals surface area contributed by atoms with Crippen molar-refractivity contribution >= 4 is 50.0 Å². The number of hydrogen-bond acceptors (Lipinski definition) is 6. The summed E-state index contributed by atoms with van der Waals surface area (Å²) in [5, 5.41) is 23.2. The Morgan fingerprint density at radius 1 is 1.00 bits per heavy atom. The van der Waals surface area contributed by atoms with E-state index in [4.69, 9.17) is 10.8 Å². The number of benzene rings is 2. The van der Waals surface area contributed by atoms with E-state index in [1.54, 1.807) is 0 Å². The molecule has 128 valence electrons. The van der Waals surface area contributed by atoms with Crippen molar-refractivity contribution < 1.29 is 19.8 Å². The molecule has 0 saturated heterocycles. The summed E-state index contributed by atoms with van der Waals surface area (Å²) in [7, 11) is 2.55. The summed E-state index contributed by atoms with van der Waals surface area (Å²) in [5.74, 6) is -1.51. The average Bonchev–Trinajstić information content (AvgIpc) is 2.57. The SMILES string of the molecule is NC(CSSCC(Nc1cccc2ccccc12)C(=O)O)C(=O)O. The molecule has 24 heavy (non-hydrogen) atoms. The summed E-state index contributed by atoms with van der Waals surface area (Å²) in [6.07, 6.45) is 0. The number of carboxylic acid groups (broad SMARTS) is 2. The highest BCUT2D eigenvalue weighted by atomic mass is 33.1. The molecule has 0 fully saturated rings. The van der Waals surface area contributed by atoms with Crippen LogP contribution in [0, 0.1) is 0 Å². The standard InChI is InChI=1S/C16H18N2O4S2/c17-12(15(19)20)8-23-24-9-14(16(21)22)18-13-7-3-5-10-4-1-2-6-11(10)13/h1-7,12,14,18H,8-9,17H2,(H,19,20)(H,21,22). The minimum Gasteiger partial charge on any atom is -0.480 e. The van der Waals surface area contributed by atoms with Crippen LogP contribution in [0.1, 0.15) is 0 Å². The van der Waals surface area contributed by atoms with Crippen LogP contribution in [0.15, 0.2) is 42.5 Å². The van der Waals surface area contributed by atoms with Crippen LogP contribution < -0.4 is 11.1 Å². The van der Waals surface area contributed by atoms with E-state index >= 15 is 0 Å². The van der Waals surface area contributed by atoms with Crippen LogP contribution in [0.2, 0.25) is 0 Å². The fourth-order valence-electron chi connectivity index (χ4n) is 2.02. The van der Waals surface area contributed by atoms with Crippen molar-refractivity contribution in [2.24, 2.45) is 5.73 Å². The van der Waals surface area contributed by atoms with Crippen molar-refractivity contribution in [2.75, 3.05) is 16.8 Å². The predicted octanol–water partition coefficient (Wildman–Crippen LogP) is 2.50. The Hall–Kier alpha value is -1.90. The topological polar surface area (TPSA) is 113 Å². The smallest absolute Gasteiger partial charge is 0.327 e. The maximum absolute atomic E-state index is 11.5. The van der Waals surface area contributed by atoms with Crippen molar-refractivity contribution in [1.29, 1.82) is 0 Å². The van der Waals surface area contributed by atoms with Gasteiger partial charge in [-0.15, -0.1) is 0 Å². The van der Waals surface area contributed by atoms with E-state index < -0.39 is 24.0 Å². The van der Waals surface area contributed by atoms with E-state index in [0.717, 1.165) is 16.5 Å². The van der Waals surface area contributed by atoms with Crippen LogP contribution in [0.25, 0.3) is 10.8 Å². The number of aliphatic carboxylic acids is 2. The van der Waals surface area contributed by atoms with E-state index in [1.807, 2.05) is 42.5 Å². The quantitative estimate of drug-likeness (QED) is 0.395. The van der Waals surface area contributed by atoms with Crippen LogP contribution in [0.5, 0.6) is 0 Å². The number of carboxylic acids is 2. The molecule has 0 radical (unpaired) electrons. The third-order valence-electron chi connectivity index (χ3n) is 3.30. The van der Waals surface area contributed by atoms with Crippen LogP contribution in [-0.4, -0.2) is 45.7 Å². The van der Waals surface area contributed by atoms with E-state index in [2.05, 4.69) is 5.32 Å². The maximum Gasteiger partial charge on any atom is 0.327 e. The largest absolute Gasteiger partial charge is 0.480 e. The number of hydrogen-bond donors (Lipinski definition) is 4. The van der Waals surface area contributed by atoms with E-state index in [-0.39, 0.29) is 11.5 Å². The number of rotatable bonds is 9. The summed E-state index contributed by atoms with van der Waals surface area (Å²) < 4.78 is 0. The third kappa shape index (κ3) is 5.05. The molecular weight excluding hydrogens is 348 g/mol. The molecule has 2 aromatic rings. The highest BCUT2D eigenvalue weighted by molar-refractivity contribution is 8.76. The molecule has 0 saturated carbocycles. The van der Waals surface area contributed by atoms with Crippen molar-refractivity contribution in [2.45, 2.75) is 12.1 Å². The van der Waals surface area contributed by atoms with Gasteiger partial charge in [0, 0.05) is 22.6 Å². The Bertz CT molecular complexity index is 721. The second-order valence-electron chi connectivity index (χ2n) is 5.08. The van der Waals surface area contributed by atoms with Gasteiger partial charge in [0.1, 0.15) is 12.1 Å². The van der Waals surface area contributed by atoms with Gasteiger partial charge in [-0.2, -0.15) is 0 Å². The number of nitrogens with two attached hydrogens (primary N) is 1. The molecule has 0 spiro atoms. The Morgan fingerprint density at radius 2 is 1.67 bits per heavy atom. The molecular formula is C16H18N2O4S2. The van der Waals surface area contributed by atoms with Crippen LogP contribution in [0.4, 0.5) is 5.69 Å². The van der Waals surface area contributed by atoms with Gasteiger partial charge < -0.3 is 21.3 Å². The van der Waals surface area contributed by atoms with Gasteiger partial charge in [-0.3, -0.25) is 4.79 Å². The Labute approximate surface area is 147 Å². The minimum absolute atomic E-state index is 0.223. The zero-order valence-electron chi connectivity index (χ0n) is 12.7. The summed E-state index contributed by atoms with van der Waals surface area (Å²) in [5.41, 5.74) is 6.17. The molecule has 0 aliphatic carbocycles. The fourth-order valence-corrected chi connectivity index (χ4v) is 4.29. The zero-order chi connectivity index (χ0) is 17.5. The predicted molar refractivity (Wildman–Crippen MR) is 99.5 cm³/mol. The lowest BCUT2D eigenvalue weighted by molar-refractivity contribution is -0.138. The van der Waals surface area contributed by atoms with E-state index in [0.29, 0.717) is 0 Å². The number of carbonyl (C=O) groups is 2. The molecule has 0 aromatic heterocycles. The molecule has 0 amide bonds. The van der Waals surface area contributed by atoms with Crippen molar-refractivity contribution in [3.05, 3.63) is 42.5 Å². The molecule has 0 bridgehead atoms. The summed E-state index contributed by atoms with van der Waals surface area (Å²) in [6.45, 7) is 0. The van der Waals surface area contributed by atoms with Crippen molar-refractivity contribution in [1.82, 2.24) is 0 Å². The molecule has 2 aromatic carbocycles. The molecule has 2 unspecified atom stereocenters. The summed E-state index contributed by atoms with van der Waals surface area (Å²) in [6, 6.07) is 11.7.